The number of hydrogen-bond acceptors (Lipinski definition) is 3. The molecule has 14 heavy (non-hydrogen) atoms. The number of thiazole rings is 1. The van der Waals surface area contributed by atoms with Crippen LogP contribution in [0, 0.1) is 5.41 Å². The van der Waals surface area contributed by atoms with Crippen LogP contribution in [0.25, 0.3) is 0 Å². The molecule has 2 heterocycles. The first-order valence-corrected chi connectivity index (χ1v) is 6.19. The number of rotatable bonds is 1. The van der Waals surface area contributed by atoms with Gasteiger partial charge in [-0.1, -0.05) is 25.4 Å². The van der Waals surface area contributed by atoms with Crippen molar-refractivity contribution in [1.29, 1.82) is 0 Å². The minimum absolute atomic E-state index is 0.498. The van der Waals surface area contributed by atoms with E-state index in [2.05, 4.69) is 23.7 Å². The number of aromatic nitrogens is 1. The second-order valence-corrected chi connectivity index (χ2v) is 5.83. The summed E-state index contributed by atoms with van der Waals surface area (Å²) in [7, 11) is 0. The van der Waals surface area contributed by atoms with Crippen molar-refractivity contribution in [3.05, 3.63) is 10.5 Å². The van der Waals surface area contributed by atoms with E-state index in [0.717, 1.165) is 18.2 Å². The van der Waals surface area contributed by atoms with Gasteiger partial charge in [0, 0.05) is 18.5 Å². The zero-order chi connectivity index (χ0) is 10.2. The maximum Gasteiger partial charge on any atom is 0.186 e. The molecule has 0 atom stereocenters. The van der Waals surface area contributed by atoms with Crippen LogP contribution >= 0.6 is 22.9 Å². The predicted molar refractivity (Wildman–Crippen MR) is 62.4 cm³/mol. The zero-order valence-corrected chi connectivity index (χ0v) is 10.2. The third-order valence-corrected chi connectivity index (χ3v) is 4.08. The Labute approximate surface area is 93.9 Å². The fraction of sp³-hybridized carbons (Fsp3) is 0.700. The quantitative estimate of drug-likeness (QED) is 0.735. The van der Waals surface area contributed by atoms with Gasteiger partial charge < -0.3 is 4.90 Å². The van der Waals surface area contributed by atoms with Gasteiger partial charge in [0.2, 0.25) is 0 Å². The van der Waals surface area contributed by atoms with Crippen molar-refractivity contribution in [2.24, 2.45) is 5.41 Å². The van der Waals surface area contributed by atoms with Crippen molar-refractivity contribution in [3.63, 3.8) is 0 Å². The Kier molecular flexibility index (Phi) is 2.71. The van der Waals surface area contributed by atoms with Gasteiger partial charge in [0.1, 0.15) is 5.15 Å². The molecule has 0 bridgehead atoms. The standard InChI is InChI=1S/C10H15ClN2S/c1-10(2)3-5-13(6-4-10)9-12-8(11)7-14-9/h7H,3-6H2,1-2H3. The first-order chi connectivity index (χ1) is 6.57. The lowest BCUT2D eigenvalue weighted by Gasteiger charge is -2.36. The second kappa shape index (κ2) is 3.70. The summed E-state index contributed by atoms with van der Waals surface area (Å²) in [6.07, 6.45) is 2.48. The molecule has 78 valence electrons. The summed E-state index contributed by atoms with van der Waals surface area (Å²) in [6, 6.07) is 0. The summed E-state index contributed by atoms with van der Waals surface area (Å²) >= 11 is 7.45. The average Bonchev–Trinajstić information content (AvgIpc) is 2.52. The van der Waals surface area contributed by atoms with E-state index in [0.29, 0.717) is 10.6 Å². The lowest BCUT2D eigenvalue weighted by Crippen LogP contribution is -2.37. The Morgan fingerprint density at radius 2 is 2.07 bits per heavy atom. The molecule has 0 amide bonds. The van der Waals surface area contributed by atoms with Crippen molar-refractivity contribution in [2.45, 2.75) is 26.7 Å². The molecular weight excluding hydrogens is 216 g/mol. The Bertz CT molecular complexity index is 312. The highest BCUT2D eigenvalue weighted by Gasteiger charge is 2.26. The van der Waals surface area contributed by atoms with Crippen LogP contribution in [-0.4, -0.2) is 18.1 Å². The van der Waals surface area contributed by atoms with E-state index in [1.54, 1.807) is 11.3 Å². The van der Waals surface area contributed by atoms with E-state index in [4.69, 9.17) is 11.6 Å². The van der Waals surface area contributed by atoms with E-state index in [-0.39, 0.29) is 0 Å². The van der Waals surface area contributed by atoms with Gasteiger partial charge in [0.25, 0.3) is 0 Å². The minimum atomic E-state index is 0.498. The van der Waals surface area contributed by atoms with Crippen molar-refractivity contribution >= 4 is 28.1 Å². The third-order valence-electron chi connectivity index (χ3n) is 2.85. The van der Waals surface area contributed by atoms with Crippen molar-refractivity contribution in [3.8, 4) is 0 Å². The molecule has 1 aliphatic heterocycles. The SMILES string of the molecule is CC1(C)CCN(c2nc(Cl)cs2)CC1. The molecule has 0 aromatic carbocycles. The summed E-state index contributed by atoms with van der Waals surface area (Å²) in [5.41, 5.74) is 0.498. The van der Waals surface area contributed by atoms with Crippen molar-refractivity contribution in [2.75, 3.05) is 18.0 Å². The number of halogens is 1. The lowest BCUT2D eigenvalue weighted by molar-refractivity contribution is 0.280. The van der Waals surface area contributed by atoms with E-state index < -0.39 is 0 Å². The van der Waals surface area contributed by atoms with Gasteiger partial charge in [-0.25, -0.2) is 4.98 Å². The molecule has 0 radical (unpaired) electrons. The number of hydrogen-bond donors (Lipinski definition) is 0. The molecule has 0 N–H and O–H groups in total. The highest BCUT2D eigenvalue weighted by Crippen LogP contribution is 2.33. The number of nitrogens with zero attached hydrogens (tertiary/aromatic N) is 2. The summed E-state index contributed by atoms with van der Waals surface area (Å²) in [4.78, 5) is 6.63. The van der Waals surface area contributed by atoms with Gasteiger partial charge in [0.15, 0.2) is 5.13 Å². The molecule has 1 aliphatic rings. The van der Waals surface area contributed by atoms with Crippen LogP contribution in [0.4, 0.5) is 5.13 Å². The molecule has 0 unspecified atom stereocenters. The monoisotopic (exact) mass is 230 g/mol. The summed E-state index contributed by atoms with van der Waals surface area (Å²) < 4.78 is 0. The van der Waals surface area contributed by atoms with Gasteiger partial charge >= 0.3 is 0 Å². The van der Waals surface area contributed by atoms with Gasteiger partial charge in [-0.15, -0.1) is 11.3 Å². The lowest BCUT2D eigenvalue weighted by atomic mass is 9.83. The van der Waals surface area contributed by atoms with Crippen LogP contribution in [0.1, 0.15) is 26.7 Å². The van der Waals surface area contributed by atoms with Crippen LogP contribution < -0.4 is 4.90 Å². The zero-order valence-electron chi connectivity index (χ0n) is 8.59. The third kappa shape index (κ3) is 2.20. The molecule has 0 aliphatic carbocycles. The van der Waals surface area contributed by atoms with Crippen molar-refractivity contribution < 1.29 is 0 Å². The largest absolute Gasteiger partial charge is 0.348 e. The van der Waals surface area contributed by atoms with Crippen LogP contribution in [-0.2, 0) is 0 Å². The molecule has 0 spiro atoms. The molecule has 1 aromatic rings. The predicted octanol–water partition coefficient (Wildman–Crippen LogP) is 3.42. The summed E-state index contributed by atoms with van der Waals surface area (Å²) in [6.45, 7) is 6.88. The Balaban J connectivity index is 2.02. The smallest absolute Gasteiger partial charge is 0.186 e. The Morgan fingerprint density at radius 3 is 2.57 bits per heavy atom. The summed E-state index contributed by atoms with van der Waals surface area (Å²) in [5.74, 6) is 0. The molecule has 4 heteroatoms. The highest BCUT2D eigenvalue weighted by molar-refractivity contribution is 7.14. The van der Waals surface area contributed by atoms with E-state index in [1.165, 1.54) is 12.8 Å². The van der Waals surface area contributed by atoms with Crippen LogP contribution in [0.15, 0.2) is 5.38 Å². The molecule has 2 nitrogen and oxygen atoms in total. The van der Waals surface area contributed by atoms with E-state index in [9.17, 15) is 0 Å². The first kappa shape index (κ1) is 10.2. The van der Waals surface area contributed by atoms with Gasteiger partial charge in [-0.2, -0.15) is 0 Å². The van der Waals surface area contributed by atoms with Crippen LogP contribution in [0.2, 0.25) is 5.15 Å². The fourth-order valence-electron chi connectivity index (χ4n) is 1.69. The number of anilines is 1. The van der Waals surface area contributed by atoms with Crippen molar-refractivity contribution in [1.82, 2.24) is 4.98 Å². The normalized spacial score (nSPS) is 21.2. The summed E-state index contributed by atoms with van der Waals surface area (Å²) in [5, 5.41) is 3.59. The Morgan fingerprint density at radius 1 is 1.43 bits per heavy atom. The van der Waals surface area contributed by atoms with Gasteiger partial charge in [-0.3, -0.25) is 0 Å². The van der Waals surface area contributed by atoms with Crippen LogP contribution in [0.3, 0.4) is 0 Å². The topological polar surface area (TPSA) is 16.1 Å². The molecule has 1 saturated heterocycles. The number of piperidine rings is 1. The second-order valence-electron chi connectivity index (χ2n) is 4.60. The molecule has 1 aromatic heterocycles. The fourth-order valence-corrected chi connectivity index (χ4v) is 2.70. The molecular formula is C10H15ClN2S. The van der Waals surface area contributed by atoms with E-state index in [1.807, 2.05) is 5.38 Å². The molecule has 1 fully saturated rings. The highest BCUT2D eigenvalue weighted by atomic mass is 35.5. The molecule has 0 saturated carbocycles. The Hall–Kier alpha value is -0.280. The van der Waals surface area contributed by atoms with E-state index >= 15 is 0 Å². The molecule has 2 rings (SSSR count). The maximum atomic E-state index is 5.81. The van der Waals surface area contributed by atoms with Crippen LogP contribution in [0.5, 0.6) is 0 Å². The van der Waals surface area contributed by atoms with Gasteiger partial charge in [0.05, 0.1) is 0 Å². The first-order valence-electron chi connectivity index (χ1n) is 4.93. The van der Waals surface area contributed by atoms with Gasteiger partial charge in [-0.05, 0) is 18.3 Å². The minimum Gasteiger partial charge on any atom is -0.348 e. The average molecular weight is 231 g/mol. The maximum absolute atomic E-state index is 5.81.